The zero-order chi connectivity index (χ0) is 55.1. The molecule has 6 fully saturated rings. The number of hydrogen-bond donors (Lipinski definition) is 3. The molecular formula is C61H68FN11O7. The van der Waals surface area contributed by atoms with Crippen molar-refractivity contribution in [1.82, 2.24) is 39.5 Å². The molecule has 7 amide bonds. The fourth-order valence-electron chi connectivity index (χ4n) is 14.5. The maximum absolute atomic E-state index is 15.3. The van der Waals surface area contributed by atoms with Gasteiger partial charge in [0, 0.05) is 79.6 Å². The van der Waals surface area contributed by atoms with E-state index in [0.717, 1.165) is 58.7 Å². The van der Waals surface area contributed by atoms with Crippen LogP contribution in [0.2, 0.25) is 0 Å². The van der Waals surface area contributed by atoms with Crippen LogP contribution < -0.4 is 20.9 Å². The molecule has 2 atom stereocenters. The maximum Gasteiger partial charge on any atom is 0.264 e. The summed E-state index contributed by atoms with van der Waals surface area (Å²) in [6.45, 7) is 8.07. The van der Waals surface area contributed by atoms with E-state index in [1.54, 1.807) is 42.7 Å². The van der Waals surface area contributed by atoms with Crippen LogP contribution >= 0.6 is 0 Å². The first-order chi connectivity index (χ1) is 38.7. The largest absolute Gasteiger partial charge is 0.382 e. The molecule has 2 saturated carbocycles. The lowest BCUT2D eigenvalue weighted by atomic mass is 9.73. The fraction of sp³-hybridized carbons (Fsp3) is 0.492. The molecule has 6 aliphatic heterocycles. The Balaban J connectivity index is 0.675. The number of carbonyl (C=O) groups is 7. The Bertz CT molecular complexity index is 3370. The van der Waals surface area contributed by atoms with Gasteiger partial charge in [0.1, 0.15) is 17.4 Å². The molecule has 3 N–H and O–H groups in total. The van der Waals surface area contributed by atoms with Crippen molar-refractivity contribution in [3.63, 3.8) is 0 Å². The van der Waals surface area contributed by atoms with Crippen LogP contribution in [-0.2, 0) is 29.4 Å². The second-order valence-corrected chi connectivity index (χ2v) is 23.9. The van der Waals surface area contributed by atoms with E-state index in [1.807, 2.05) is 26.5 Å². The lowest BCUT2D eigenvalue weighted by Gasteiger charge is -2.48. The van der Waals surface area contributed by atoms with Gasteiger partial charge in [-0.15, -0.1) is 0 Å². The number of amides is 7. The van der Waals surface area contributed by atoms with Crippen LogP contribution in [0, 0.1) is 17.7 Å². The number of rotatable bonds is 11. The number of aromatic nitrogens is 3. The molecule has 0 unspecified atom stereocenters. The van der Waals surface area contributed by atoms with Gasteiger partial charge in [0.2, 0.25) is 29.5 Å². The van der Waals surface area contributed by atoms with E-state index in [1.165, 1.54) is 25.3 Å². The number of nitrogens with zero attached hydrogens (tertiary/aromatic N) is 8. The van der Waals surface area contributed by atoms with Gasteiger partial charge in [0.05, 0.1) is 45.7 Å². The van der Waals surface area contributed by atoms with Crippen molar-refractivity contribution in [1.29, 1.82) is 0 Å². The van der Waals surface area contributed by atoms with E-state index >= 15 is 9.18 Å². The summed E-state index contributed by atoms with van der Waals surface area (Å²) in [7, 11) is 0. The summed E-state index contributed by atoms with van der Waals surface area (Å²) in [5.41, 5.74) is 5.32. The van der Waals surface area contributed by atoms with E-state index in [4.69, 9.17) is 9.97 Å². The quantitative estimate of drug-likeness (QED) is 0.109. The van der Waals surface area contributed by atoms with E-state index in [9.17, 15) is 28.8 Å². The first-order valence-electron chi connectivity index (χ1n) is 29.0. The Morgan fingerprint density at radius 3 is 2.25 bits per heavy atom. The number of imidazole rings is 1. The van der Waals surface area contributed by atoms with Crippen LogP contribution in [0.3, 0.4) is 0 Å². The molecule has 1 spiro atoms. The Kier molecular flexibility index (Phi) is 13.3. The zero-order valence-electron chi connectivity index (χ0n) is 45.4. The van der Waals surface area contributed by atoms with Crippen LogP contribution in [0.15, 0.2) is 73.1 Å². The first-order valence-corrected chi connectivity index (χ1v) is 29.0. The molecule has 13 rings (SSSR count). The number of anilines is 4. The van der Waals surface area contributed by atoms with Crippen LogP contribution in [0.25, 0.3) is 22.3 Å². The Morgan fingerprint density at radius 1 is 0.750 bits per heavy atom. The third-order valence-electron chi connectivity index (χ3n) is 19.0. The Morgan fingerprint density at radius 2 is 1.50 bits per heavy atom. The highest BCUT2D eigenvalue weighted by molar-refractivity contribution is 6.25. The van der Waals surface area contributed by atoms with Crippen molar-refractivity contribution in [2.45, 2.75) is 139 Å². The van der Waals surface area contributed by atoms with Crippen LogP contribution in [0.5, 0.6) is 0 Å². The number of benzene rings is 3. The molecule has 18 nitrogen and oxygen atoms in total. The SMILES string of the molecule is CC(C)n1cnc2cc(-c3ccc4c(c3)N(C3CC(N5CCCCC5)C3)C(=O)C43CCN(C(=O)[C@@H]4CCN(C(=O)C5CCC(Nc6cccc7c6C(=O)N([C@@H]6CCC(=O)NC6=O)C7=O)CC5)C4)CC3)nc(Nc3ccccc3F)c21. The lowest BCUT2D eigenvalue weighted by Crippen LogP contribution is -2.58. The van der Waals surface area contributed by atoms with Crippen molar-refractivity contribution >= 4 is 75.3 Å². The minimum Gasteiger partial charge on any atom is -0.382 e. The standard InChI is InChI=1S/C61H68FN11O7/c1-35(2)71-34-63-48-32-47(66-54(53(48)71)65-45-11-5-4-10-44(45)62)37-15-18-43-50(29-37)72(41-30-40(31-41)68-24-6-3-7-25-68)60(80)61(43)22-27-69(28-23-61)57(77)38-21-26-70(33-38)56(76)36-13-16-39(17-14-36)64-46-12-8-9-42-52(46)59(79)73(58(42)78)49-19-20-51(74)67-55(49)75/h4-5,8-12,15,18,29,32,34-36,38-41,49,64H,3,6-7,13-14,16-17,19-28,30-31,33H2,1-2H3,(H,65,66)(H,67,74,75)/t36?,38-,39?,40?,41?,49-/m1/s1. The highest BCUT2D eigenvalue weighted by Gasteiger charge is 2.56. The molecule has 3 aromatic carbocycles. The van der Waals surface area contributed by atoms with Gasteiger partial charge in [-0.2, -0.15) is 0 Å². The van der Waals surface area contributed by atoms with Crippen LogP contribution in [-0.4, -0.2) is 139 Å². The number of likely N-dealkylation sites (tertiary alicyclic amines) is 3. The molecule has 416 valence electrons. The highest BCUT2D eigenvalue weighted by Crippen LogP contribution is 2.53. The van der Waals surface area contributed by atoms with Crippen LogP contribution in [0.1, 0.15) is 136 Å². The molecular weight excluding hydrogens is 1020 g/mol. The maximum atomic E-state index is 15.3. The van der Waals surface area contributed by atoms with E-state index in [-0.39, 0.29) is 71.7 Å². The monoisotopic (exact) mass is 1090 g/mol. The van der Waals surface area contributed by atoms with E-state index in [0.29, 0.717) is 100 Å². The molecule has 2 aromatic heterocycles. The fourth-order valence-corrected chi connectivity index (χ4v) is 14.5. The first kappa shape index (κ1) is 51.9. The van der Waals surface area contributed by atoms with Crippen LogP contribution in [0.4, 0.5) is 27.3 Å². The summed E-state index contributed by atoms with van der Waals surface area (Å²) < 4.78 is 17.2. The minimum atomic E-state index is -1.05. The number of carbonyl (C=O) groups excluding carboxylic acids is 7. The number of imide groups is 2. The Labute approximate surface area is 463 Å². The molecule has 5 aromatic rings. The summed E-state index contributed by atoms with van der Waals surface area (Å²) in [5, 5.41) is 8.99. The Hall–Kier alpha value is -7.54. The highest BCUT2D eigenvalue weighted by atomic mass is 19.1. The molecule has 0 bridgehead atoms. The number of hydrogen-bond acceptors (Lipinski definition) is 12. The number of fused-ring (bicyclic) bond motifs is 4. The average molecular weight is 1090 g/mol. The van der Waals surface area contributed by atoms with E-state index in [2.05, 4.69) is 51.7 Å². The van der Waals surface area contributed by atoms with Crippen molar-refractivity contribution in [2.75, 3.05) is 54.8 Å². The number of nitrogens with one attached hydrogen (secondary N) is 3. The predicted molar refractivity (Wildman–Crippen MR) is 297 cm³/mol. The van der Waals surface area contributed by atoms with Gasteiger partial charge in [-0.1, -0.05) is 36.8 Å². The predicted octanol–water partition coefficient (Wildman–Crippen LogP) is 7.71. The van der Waals surface area contributed by atoms with Crippen molar-refractivity contribution in [3.8, 4) is 11.3 Å². The van der Waals surface area contributed by atoms with Gasteiger partial charge in [0.15, 0.2) is 5.82 Å². The molecule has 4 saturated heterocycles. The van der Waals surface area contributed by atoms with Gasteiger partial charge in [-0.25, -0.2) is 14.4 Å². The number of halogens is 1. The smallest absolute Gasteiger partial charge is 0.264 e. The molecule has 80 heavy (non-hydrogen) atoms. The second-order valence-electron chi connectivity index (χ2n) is 23.9. The van der Waals surface area contributed by atoms with Crippen molar-refractivity contribution in [3.05, 3.63) is 95.6 Å². The van der Waals surface area contributed by atoms with Gasteiger partial charge >= 0.3 is 0 Å². The summed E-state index contributed by atoms with van der Waals surface area (Å²) in [5.74, 6) is -2.44. The third-order valence-corrected chi connectivity index (χ3v) is 19.0. The van der Waals surface area contributed by atoms with Gasteiger partial charge in [-0.3, -0.25) is 43.8 Å². The average Bonchev–Trinajstić information content (AvgIpc) is 4.43. The van der Waals surface area contributed by atoms with E-state index < -0.39 is 40.9 Å². The summed E-state index contributed by atoms with van der Waals surface area (Å²) in [6.07, 6.45) is 11.6. The molecule has 8 heterocycles. The lowest BCUT2D eigenvalue weighted by molar-refractivity contribution is -0.140. The number of piperidine rings is 3. The molecule has 0 radical (unpaired) electrons. The summed E-state index contributed by atoms with van der Waals surface area (Å²) >= 11 is 0. The van der Waals surface area contributed by atoms with Crippen molar-refractivity contribution < 1.29 is 38.0 Å². The summed E-state index contributed by atoms with van der Waals surface area (Å²) in [6, 6.07) is 19.3. The second kappa shape index (κ2) is 20.5. The minimum absolute atomic E-state index is 0.0325. The molecule has 8 aliphatic rings. The number of pyridine rings is 1. The zero-order valence-corrected chi connectivity index (χ0v) is 45.4. The van der Waals surface area contributed by atoms with Gasteiger partial charge < -0.3 is 34.8 Å². The van der Waals surface area contributed by atoms with Gasteiger partial charge in [0.25, 0.3) is 11.8 Å². The molecule has 2 aliphatic carbocycles. The molecule has 19 heteroatoms. The number of para-hydroxylation sites is 1. The van der Waals surface area contributed by atoms with Gasteiger partial charge in [-0.05, 0) is 146 Å². The summed E-state index contributed by atoms with van der Waals surface area (Å²) in [4.78, 5) is 115. The third kappa shape index (κ3) is 8.90. The normalized spacial score (nSPS) is 25.8. The van der Waals surface area contributed by atoms with Crippen molar-refractivity contribution in [2.24, 2.45) is 11.8 Å². The topological polar surface area (TPSA) is 202 Å².